The number of carboxylic acid groups (broad SMARTS) is 1. The first-order valence-electron chi connectivity index (χ1n) is 9.06. The molecule has 0 saturated carbocycles. The van der Waals surface area contributed by atoms with Gasteiger partial charge in [-0.25, -0.2) is 32.5 Å². The zero-order valence-corrected chi connectivity index (χ0v) is 19.0. The van der Waals surface area contributed by atoms with Crippen LogP contribution < -0.4 is 15.4 Å². The van der Waals surface area contributed by atoms with E-state index in [1.54, 1.807) is 0 Å². The van der Waals surface area contributed by atoms with Gasteiger partial charge in [0.2, 0.25) is 16.0 Å². The fraction of sp³-hybridized carbons (Fsp3) is 0.353. The van der Waals surface area contributed by atoms with Gasteiger partial charge in [0, 0.05) is 12.4 Å². The molecule has 2 amide bonds. The Balaban J connectivity index is 1.84. The van der Waals surface area contributed by atoms with E-state index in [0.717, 1.165) is 21.8 Å². The van der Waals surface area contributed by atoms with Gasteiger partial charge in [0.25, 0.3) is 5.91 Å². The van der Waals surface area contributed by atoms with Crippen LogP contribution in [0.15, 0.2) is 22.6 Å². The maximum Gasteiger partial charge on any atom is 0.411 e. The highest BCUT2D eigenvalue weighted by molar-refractivity contribution is 7.89. The van der Waals surface area contributed by atoms with Gasteiger partial charge in [0.1, 0.15) is 33.6 Å². The fourth-order valence-corrected chi connectivity index (χ4v) is 5.34. The number of hydrogen-bond acceptors (Lipinski definition) is 9. The number of nitrogens with zero attached hydrogens (tertiary/aromatic N) is 4. The molecule has 3 heterocycles. The largest absolute Gasteiger partial charge is 0.465 e. The Labute approximate surface area is 190 Å². The van der Waals surface area contributed by atoms with Crippen LogP contribution in [0.1, 0.15) is 28.0 Å². The Morgan fingerprint density at radius 3 is 2.67 bits per heavy atom. The van der Waals surface area contributed by atoms with E-state index in [1.807, 2.05) is 5.32 Å². The van der Waals surface area contributed by atoms with Crippen LogP contribution >= 0.6 is 11.3 Å². The number of rotatable bonds is 5. The SMILES string of the molecule is Cc1cc(OC(F)F)cnc1C(=O)Nc1csc([C@]2(C)CS(=O)(=O)N(C)C(NC(=O)O)=N2)n1. The van der Waals surface area contributed by atoms with Gasteiger partial charge in [0.05, 0.1) is 6.20 Å². The minimum Gasteiger partial charge on any atom is -0.465 e. The van der Waals surface area contributed by atoms with E-state index in [9.17, 15) is 26.8 Å². The quantitative estimate of drug-likeness (QED) is 0.555. The van der Waals surface area contributed by atoms with Crippen molar-refractivity contribution in [2.75, 3.05) is 18.1 Å². The number of thiazole rings is 1. The number of carbonyl (C=O) groups excluding carboxylic acids is 1. The van der Waals surface area contributed by atoms with E-state index in [1.165, 1.54) is 32.3 Å². The van der Waals surface area contributed by atoms with E-state index < -0.39 is 39.9 Å². The number of carbonyl (C=O) groups is 2. The molecule has 0 aliphatic carbocycles. The van der Waals surface area contributed by atoms with Crippen molar-refractivity contribution in [3.8, 4) is 5.75 Å². The summed E-state index contributed by atoms with van der Waals surface area (Å²) in [4.78, 5) is 35.8. The third kappa shape index (κ3) is 5.33. The number of amides is 2. The molecule has 1 atom stereocenters. The monoisotopic (exact) mass is 504 g/mol. The van der Waals surface area contributed by atoms with Crippen molar-refractivity contribution in [3.05, 3.63) is 33.9 Å². The highest BCUT2D eigenvalue weighted by atomic mass is 32.2. The molecule has 2 aromatic heterocycles. The van der Waals surface area contributed by atoms with Crippen molar-refractivity contribution in [1.29, 1.82) is 0 Å². The molecule has 0 saturated heterocycles. The molecule has 0 radical (unpaired) electrons. The van der Waals surface area contributed by atoms with Crippen LogP contribution in [0.3, 0.4) is 0 Å². The zero-order valence-electron chi connectivity index (χ0n) is 17.4. The minimum absolute atomic E-state index is 0.0507. The molecule has 1 aliphatic rings. The summed E-state index contributed by atoms with van der Waals surface area (Å²) < 4.78 is 54.7. The first-order chi connectivity index (χ1) is 15.3. The van der Waals surface area contributed by atoms with E-state index in [2.05, 4.69) is 25.0 Å². The number of ether oxygens (including phenoxy) is 1. The minimum atomic E-state index is -3.91. The number of guanidine groups is 1. The lowest BCUT2D eigenvalue weighted by Gasteiger charge is -2.33. The van der Waals surface area contributed by atoms with E-state index >= 15 is 0 Å². The molecular weight excluding hydrogens is 486 g/mol. The molecule has 0 spiro atoms. The fourth-order valence-electron chi connectivity index (χ4n) is 2.94. The summed E-state index contributed by atoms with van der Waals surface area (Å²) >= 11 is 1.01. The maximum absolute atomic E-state index is 12.5. The molecule has 3 N–H and O–H groups in total. The lowest BCUT2D eigenvalue weighted by atomic mass is 10.1. The molecule has 178 valence electrons. The smallest absolute Gasteiger partial charge is 0.411 e. The van der Waals surface area contributed by atoms with E-state index in [0.29, 0.717) is 0 Å². The summed E-state index contributed by atoms with van der Waals surface area (Å²) in [6.07, 6.45) is -0.503. The number of hydrogen-bond donors (Lipinski definition) is 3. The van der Waals surface area contributed by atoms with E-state index in [-0.39, 0.29) is 33.8 Å². The summed E-state index contributed by atoms with van der Waals surface area (Å²) in [7, 11) is -2.74. The van der Waals surface area contributed by atoms with Crippen molar-refractivity contribution in [2.24, 2.45) is 4.99 Å². The Morgan fingerprint density at radius 1 is 1.36 bits per heavy atom. The number of aliphatic imine (C=N–C) groups is 1. The number of halogens is 2. The van der Waals surface area contributed by atoms with Crippen LogP contribution in [-0.2, 0) is 15.6 Å². The first kappa shape index (κ1) is 24.2. The second-order valence-corrected chi connectivity index (χ2v) is 9.93. The number of alkyl halides is 2. The number of aryl methyl sites for hydroxylation is 1. The van der Waals surface area contributed by atoms with Crippen molar-refractivity contribution in [3.63, 3.8) is 0 Å². The number of aromatic nitrogens is 2. The van der Waals surface area contributed by atoms with Crippen molar-refractivity contribution < 1.29 is 36.6 Å². The number of nitrogens with one attached hydrogen (secondary N) is 2. The Morgan fingerprint density at radius 2 is 2.06 bits per heavy atom. The van der Waals surface area contributed by atoms with Crippen LogP contribution in [0.5, 0.6) is 5.75 Å². The van der Waals surface area contributed by atoms with Gasteiger partial charge in [-0.3, -0.25) is 10.1 Å². The zero-order chi connectivity index (χ0) is 24.6. The van der Waals surface area contributed by atoms with Crippen LogP contribution in [0.4, 0.5) is 19.4 Å². The molecule has 16 heteroatoms. The van der Waals surface area contributed by atoms with Crippen molar-refractivity contribution >= 4 is 45.1 Å². The summed E-state index contributed by atoms with van der Waals surface area (Å²) in [5.41, 5.74) is -1.19. The van der Waals surface area contributed by atoms with E-state index in [4.69, 9.17) is 5.11 Å². The number of sulfonamides is 1. The lowest BCUT2D eigenvalue weighted by molar-refractivity contribution is -0.0501. The summed E-state index contributed by atoms with van der Waals surface area (Å²) in [5, 5.41) is 15.1. The first-order valence-corrected chi connectivity index (χ1v) is 11.5. The topological polar surface area (TPSA) is 163 Å². The average molecular weight is 504 g/mol. The molecule has 0 unspecified atom stereocenters. The van der Waals surface area contributed by atoms with Gasteiger partial charge in [-0.1, -0.05) is 0 Å². The number of pyridine rings is 1. The molecule has 1 aliphatic heterocycles. The summed E-state index contributed by atoms with van der Waals surface area (Å²) in [6, 6.07) is 1.23. The third-order valence-electron chi connectivity index (χ3n) is 4.45. The molecule has 33 heavy (non-hydrogen) atoms. The Kier molecular flexibility index (Phi) is 6.51. The Hall–Kier alpha value is -3.40. The number of anilines is 1. The highest BCUT2D eigenvalue weighted by Crippen LogP contribution is 2.35. The summed E-state index contributed by atoms with van der Waals surface area (Å²) in [6.45, 7) is -0.0696. The lowest BCUT2D eigenvalue weighted by Crippen LogP contribution is -2.53. The molecule has 12 nitrogen and oxygen atoms in total. The maximum atomic E-state index is 12.5. The third-order valence-corrected chi connectivity index (χ3v) is 7.48. The van der Waals surface area contributed by atoms with Gasteiger partial charge >= 0.3 is 12.7 Å². The molecule has 0 aromatic carbocycles. The molecule has 3 rings (SSSR count). The van der Waals surface area contributed by atoms with Crippen LogP contribution in [0, 0.1) is 6.92 Å². The second kappa shape index (κ2) is 8.86. The summed E-state index contributed by atoms with van der Waals surface area (Å²) in [5.74, 6) is -1.66. The Bertz CT molecular complexity index is 1230. The normalized spacial score (nSPS) is 19.7. The standard InChI is InChI=1S/C17H18F2N6O6S2/c1-8-4-9(31-14(18)19)5-20-11(8)12(26)21-10-6-32-13(22-10)17(2)7-33(29,30)25(3)15(24-17)23-16(27)28/h4-6,14H,7H2,1-3H3,(H,21,26)(H,23,24)(H,27,28)/t17-/m0/s1. The molecule has 2 aromatic rings. The van der Waals surface area contributed by atoms with Gasteiger partial charge in [-0.2, -0.15) is 8.78 Å². The van der Waals surface area contributed by atoms with Gasteiger partial charge in [0.15, 0.2) is 0 Å². The van der Waals surface area contributed by atoms with Crippen molar-refractivity contribution in [2.45, 2.75) is 26.0 Å². The second-order valence-electron chi connectivity index (χ2n) is 7.07. The van der Waals surface area contributed by atoms with Crippen LogP contribution in [-0.4, -0.2) is 65.2 Å². The molecular formula is C17H18F2N6O6S2. The predicted molar refractivity (Wildman–Crippen MR) is 113 cm³/mol. The predicted octanol–water partition coefficient (Wildman–Crippen LogP) is 1.81. The average Bonchev–Trinajstić information content (AvgIpc) is 3.14. The van der Waals surface area contributed by atoms with Gasteiger partial charge in [-0.15, -0.1) is 11.3 Å². The van der Waals surface area contributed by atoms with Gasteiger partial charge < -0.3 is 15.2 Å². The van der Waals surface area contributed by atoms with Gasteiger partial charge in [-0.05, 0) is 25.5 Å². The molecule has 0 bridgehead atoms. The molecule has 0 fully saturated rings. The highest BCUT2D eigenvalue weighted by Gasteiger charge is 2.43. The van der Waals surface area contributed by atoms with Crippen LogP contribution in [0.25, 0.3) is 0 Å². The van der Waals surface area contributed by atoms with Crippen LogP contribution in [0.2, 0.25) is 0 Å². The van der Waals surface area contributed by atoms with Crippen molar-refractivity contribution in [1.82, 2.24) is 19.6 Å².